The highest BCUT2D eigenvalue weighted by molar-refractivity contribution is 8.02. The van der Waals surface area contributed by atoms with Crippen LogP contribution in [0.15, 0.2) is 24.5 Å². The fraction of sp³-hybridized carbons (Fsp3) is 0.368. The number of anilines is 2. The maximum atomic E-state index is 14.4. The Hall–Kier alpha value is -2.71. The fourth-order valence-electron chi connectivity index (χ4n) is 3.83. The molecule has 0 radical (unpaired) electrons. The van der Waals surface area contributed by atoms with Crippen LogP contribution in [0.1, 0.15) is 16.8 Å². The Morgan fingerprint density at radius 1 is 1.15 bits per heavy atom. The van der Waals surface area contributed by atoms with E-state index in [0.717, 1.165) is 24.5 Å². The number of sulfonamides is 1. The number of aliphatic hydroxyl groups is 1. The van der Waals surface area contributed by atoms with E-state index in [2.05, 4.69) is 9.97 Å². The molecule has 0 unspecified atom stereocenters. The first-order valence-corrected chi connectivity index (χ1v) is 11.5. The molecule has 1 aromatic carbocycles. The van der Waals surface area contributed by atoms with Crippen molar-refractivity contribution in [3.05, 3.63) is 46.4 Å². The average molecular weight is 527 g/mol. The zero-order valence-electron chi connectivity index (χ0n) is 17.1. The van der Waals surface area contributed by atoms with Gasteiger partial charge >= 0.3 is 6.18 Å². The smallest absolute Gasteiger partial charge is 0.419 e. The van der Waals surface area contributed by atoms with Crippen LogP contribution in [-0.2, 0) is 20.9 Å². The van der Waals surface area contributed by atoms with Crippen LogP contribution in [0.4, 0.5) is 33.5 Å². The predicted octanol–water partition coefficient (Wildman–Crippen LogP) is 3.78. The second kappa shape index (κ2) is 8.82. The number of nitrogens with zero attached hydrogens (tertiary/aromatic N) is 4. The second-order valence-corrected chi connectivity index (χ2v) is 9.51. The van der Waals surface area contributed by atoms with Crippen molar-refractivity contribution < 1.29 is 40.2 Å². The van der Waals surface area contributed by atoms with Crippen molar-refractivity contribution in [1.29, 1.82) is 0 Å². The van der Waals surface area contributed by atoms with Gasteiger partial charge in [-0.1, -0.05) is 11.6 Å². The highest BCUT2D eigenvalue weighted by atomic mass is 35.5. The third kappa shape index (κ3) is 4.25. The molecule has 184 valence electrons. The van der Waals surface area contributed by atoms with Gasteiger partial charge in [0.15, 0.2) is 11.6 Å². The summed E-state index contributed by atoms with van der Waals surface area (Å²) in [5.74, 6) is -1.79. The lowest BCUT2D eigenvalue weighted by molar-refractivity contribution is -0.137. The van der Waals surface area contributed by atoms with Crippen molar-refractivity contribution in [2.45, 2.75) is 12.6 Å². The second-order valence-electron chi connectivity index (χ2n) is 7.28. The van der Waals surface area contributed by atoms with E-state index in [0.29, 0.717) is 0 Å². The summed E-state index contributed by atoms with van der Waals surface area (Å²) in [6.07, 6.45) is -6.27. The standard InChI is InChI=1S/C19H16ClF5N4O4S/c20-10-7-11(14(19(23,24)25)12(8-10)28-3-5-33-6-4-28)17-16(30)15-18(27-2-1-26-15)29(9-13(21)22)34(17,31)32/h1-2,7-8,13,30H,3-6,9H2. The first-order valence-electron chi connectivity index (χ1n) is 9.72. The molecule has 1 aromatic heterocycles. The van der Waals surface area contributed by atoms with Crippen molar-refractivity contribution in [1.82, 2.24) is 9.97 Å². The molecule has 0 atom stereocenters. The molecule has 2 aromatic rings. The van der Waals surface area contributed by atoms with Gasteiger partial charge in [0.2, 0.25) is 0 Å². The highest BCUT2D eigenvalue weighted by Gasteiger charge is 2.47. The lowest BCUT2D eigenvalue weighted by atomic mass is 10.0. The summed E-state index contributed by atoms with van der Waals surface area (Å²) >= 11 is 6.09. The zero-order chi connectivity index (χ0) is 24.8. The van der Waals surface area contributed by atoms with Crippen LogP contribution in [0.25, 0.3) is 10.7 Å². The number of aliphatic hydroxyl groups excluding tert-OH is 1. The van der Waals surface area contributed by atoms with Gasteiger partial charge in [0.25, 0.3) is 16.4 Å². The van der Waals surface area contributed by atoms with Crippen LogP contribution in [0.2, 0.25) is 5.02 Å². The third-order valence-electron chi connectivity index (χ3n) is 5.17. The van der Waals surface area contributed by atoms with E-state index in [4.69, 9.17) is 16.3 Å². The molecule has 15 heteroatoms. The number of halogens is 6. The fourth-order valence-corrected chi connectivity index (χ4v) is 5.72. The van der Waals surface area contributed by atoms with Gasteiger partial charge in [-0.3, -0.25) is 0 Å². The monoisotopic (exact) mass is 526 g/mol. The van der Waals surface area contributed by atoms with Gasteiger partial charge in [-0.15, -0.1) is 0 Å². The maximum absolute atomic E-state index is 14.4. The van der Waals surface area contributed by atoms with Gasteiger partial charge in [0.05, 0.1) is 31.0 Å². The molecule has 8 nitrogen and oxygen atoms in total. The molecule has 3 heterocycles. The molecule has 2 aliphatic heterocycles. The molecule has 34 heavy (non-hydrogen) atoms. The van der Waals surface area contributed by atoms with Crippen LogP contribution in [0.3, 0.4) is 0 Å². The van der Waals surface area contributed by atoms with Crippen molar-refractivity contribution in [3.63, 3.8) is 0 Å². The predicted molar refractivity (Wildman–Crippen MR) is 113 cm³/mol. The highest BCUT2D eigenvalue weighted by Crippen LogP contribution is 2.48. The topological polar surface area (TPSA) is 95.9 Å². The molecular weight excluding hydrogens is 511 g/mol. The quantitative estimate of drug-likeness (QED) is 0.606. The molecule has 4 rings (SSSR count). The maximum Gasteiger partial charge on any atom is 0.419 e. The van der Waals surface area contributed by atoms with Gasteiger partial charge < -0.3 is 14.7 Å². The number of alkyl halides is 5. The first kappa shape index (κ1) is 24.4. The van der Waals surface area contributed by atoms with E-state index in [1.54, 1.807) is 0 Å². The summed E-state index contributed by atoms with van der Waals surface area (Å²) in [6, 6.07) is 1.75. The van der Waals surface area contributed by atoms with E-state index < -0.39 is 68.2 Å². The van der Waals surface area contributed by atoms with E-state index in [-0.39, 0.29) is 35.6 Å². The summed E-state index contributed by atoms with van der Waals surface area (Å²) in [6.45, 7) is -1.05. The van der Waals surface area contributed by atoms with Gasteiger partial charge in [-0.05, 0) is 12.1 Å². The SMILES string of the molecule is O=S1(=O)C(c2cc(Cl)cc(N3CCOCC3)c2C(F)(F)F)=C(O)c2nccnc2N1CC(F)F. The number of rotatable bonds is 4. The minimum Gasteiger partial charge on any atom is -0.504 e. The van der Waals surface area contributed by atoms with Gasteiger partial charge in [0.1, 0.15) is 10.6 Å². The number of fused-ring (bicyclic) bond motifs is 1. The van der Waals surface area contributed by atoms with Crippen molar-refractivity contribution in [2.75, 3.05) is 42.1 Å². The number of morpholine rings is 1. The number of benzene rings is 1. The van der Waals surface area contributed by atoms with Gasteiger partial charge in [-0.25, -0.2) is 31.5 Å². The molecule has 1 fully saturated rings. The Labute approximate surface area is 195 Å². The Kier molecular flexibility index (Phi) is 6.33. The number of aromatic nitrogens is 2. The normalized spacial score (nSPS) is 18.4. The van der Waals surface area contributed by atoms with Crippen molar-refractivity contribution in [3.8, 4) is 0 Å². The van der Waals surface area contributed by atoms with Crippen molar-refractivity contribution >= 4 is 43.8 Å². The third-order valence-corrected chi connectivity index (χ3v) is 7.22. The Balaban J connectivity index is 2.06. The minimum absolute atomic E-state index is 0.0620. The summed E-state index contributed by atoms with van der Waals surface area (Å²) in [5, 5.41) is 10.5. The molecule has 0 saturated carbocycles. The summed E-state index contributed by atoms with van der Waals surface area (Å²) in [5.41, 5.74) is -3.38. The zero-order valence-corrected chi connectivity index (χ0v) is 18.6. The van der Waals surface area contributed by atoms with Crippen LogP contribution in [0, 0.1) is 0 Å². The lowest BCUT2D eigenvalue weighted by Crippen LogP contribution is -2.40. The Bertz CT molecular complexity index is 1250. The molecule has 0 spiro atoms. The van der Waals surface area contributed by atoms with E-state index in [1.807, 2.05) is 0 Å². The van der Waals surface area contributed by atoms with Crippen LogP contribution < -0.4 is 9.21 Å². The van der Waals surface area contributed by atoms with Crippen LogP contribution in [-0.4, -0.2) is 62.8 Å². The molecule has 1 saturated heterocycles. The van der Waals surface area contributed by atoms with Gasteiger partial charge in [-0.2, -0.15) is 13.2 Å². The van der Waals surface area contributed by atoms with Gasteiger partial charge in [0, 0.05) is 36.1 Å². The molecular formula is C19H16ClF5N4O4S. The van der Waals surface area contributed by atoms with E-state index in [1.165, 1.54) is 4.90 Å². The largest absolute Gasteiger partial charge is 0.504 e. The van der Waals surface area contributed by atoms with Crippen LogP contribution >= 0.6 is 11.6 Å². The number of hydrogen-bond acceptors (Lipinski definition) is 7. The molecule has 1 N–H and O–H groups in total. The summed E-state index contributed by atoms with van der Waals surface area (Å²) < 4.78 is 102. The van der Waals surface area contributed by atoms with E-state index in [9.17, 15) is 35.5 Å². The molecule has 0 bridgehead atoms. The number of hydrogen-bond donors (Lipinski definition) is 1. The van der Waals surface area contributed by atoms with Crippen molar-refractivity contribution in [2.24, 2.45) is 0 Å². The molecule has 0 amide bonds. The molecule has 0 aliphatic carbocycles. The summed E-state index contributed by atoms with van der Waals surface area (Å²) in [4.78, 5) is 7.53. The summed E-state index contributed by atoms with van der Waals surface area (Å²) in [7, 11) is -5.14. The average Bonchev–Trinajstić information content (AvgIpc) is 2.76. The molecule has 2 aliphatic rings. The Morgan fingerprint density at radius 3 is 2.41 bits per heavy atom. The number of ether oxygens (including phenoxy) is 1. The van der Waals surface area contributed by atoms with Crippen LogP contribution in [0.5, 0.6) is 0 Å². The minimum atomic E-state index is -5.14. The lowest BCUT2D eigenvalue weighted by Gasteiger charge is -2.34. The Morgan fingerprint density at radius 2 is 1.79 bits per heavy atom. The van der Waals surface area contributed by atoms with E-state index >= 15 is 0 Å². The first-order chi connectivity index (χ1) is 15.9.